The molecule has 0 heterocycles. The Morgan fingerprint density at radius 1 is 0.920 bits per heavy atom. The van der Waals surface area contributed by atoms with Crippen LogP contribution in [0.25, 0.3) is 6.08 Å². The summed E-state index contributed by atoms with van der Waals surface area (Å²) < 4.78 is 0. The van der Waals surface area contributed by atoms with Crippen LogP contribution in [0.4, 0.5) is 0 Å². The fourth-order valence-corrected chi connectivity index (χ4v) is 2.18. The molecule has 0 radical (unpaired) electrons. The molecule has 130 valence electrons. The second-order valence-electron chi connectivity index (χ2n) is 5.50. The number of phenols is 1. The van der Waals surface area contributed by atoms with Crippen molar-refractivity contribution >= 4 is 17.9 Å². The van der Waals surface area contributed by atoms with E-state index >= 15 is 0 Å². The summed E-state index contributed by atoms with van der Waals surface area (Å²) in [5, 5.41) is 14.7. The molecule has 0 aliphatic rings. The molecule has 2 aromatic carbocycles. The van der Waals surface area contributed by atoms with Crippen LogP contribution in [0.2, 0.25) is 0 Å². The van der Waals surface area contributed by atoms with Gasteiger partial charge in [0.25, 0.3) is 5.91 Å². The molecule has 0 unspecified atom stereocenters. The van der Waals surface area contributed by atoms with E-state index in [0.717, 1.165) is 5.56 Å². The zero-order valence-corrected chi connectivity index (χ0v) is 13.9. The van der Waals surface area contributed by atoms with Crippen LogP contribution in [-0.4, -0.2) is 30.0 Å². The lowest BCUT2D eigenvalue weighted by Gasteiger charge is -2.07. The van der Waals surface area contributed by atoms with Crippen LogP contribution in [0, 0.1) is 0 Å². The van der Waals surface area contributed by atoms with Crippen molar-refractivity contribution in [3.8, 4) is 5.75 Å². The van der Waals surface area contributed by atoms with Gasteiger partial charge in [-0.2, -0.15) is 0 Å². The second kappa shape index (κ2) is 9.93. The highest BCUT2D eigenvalue weighted by atomic mass is 16.3. The van der Waals surface area contributed by atoms with Gasteiger partial charge in [0.05, 0.1) is 0 Å². The van der Waals surface area contributed by atoms with E-state index in [1.165, 1.54) is 12.1 Å². The summed E-state index contributed by atoms with van der Waals surface area (Å²) in [5.41, 5.74) is 1.58. The smallest absolute Gasteiger partial charge is 0.251 e. The van der Waals surface area contributed by atoms with E-state index in [2.05, 4.69) is 10.6 Å². The number of phenolic OH excluding ortho intramolecular Hbond substituents is 1. The number of carbonyl (C=O) groups is 2. The number of allylic oxidation sites excluding steroid dienone is 1. The average molecular weight is 338 g/mol. The number of carbonyl (C=O) groups excluding carboxylic acids is 2. The number of amides is 2. The first-order chi connectivity index (χ1) is 12.1. The third-order valence-corrected chi connectivity index (χ3v) is 3.51. The molecule has 2 rings (SSSR count). The van der Waals surface area contributed by atoms with Crippen molar-refractivity contribution in [1.82, 2.24) is 10.6 Å². The molecule has 0 aromatic heterocycles. The normalized spacial score (nSPS) is 10.6. The average Bonchev–Trinajstić information content (AvgIpc) is 2.63. The molecule has 3 N–H and O–H groups in total. The van der Waals surface area contributed by atoms with E-state index in [0.29, 0.717) is 31.5 Å². The summed E-state index contributed by atoms with van der Waals surface area (Å²) in [4.78, 5) is 23.6. The van der Waals surface area contributed by atoms with E-state index in [1.807, 2.05) is 42.5 Å². The van der Waals surface area contributed by atoms with Gasteiger partial charge in [-0.05, 0) is 36.2 Å². The minimum atomic E-state index is -0.236. The Morgan fingerprint density at radius 3 is 2.32 bits per heavy atom. The van der Waals surface area contributed by atoms with Gasteiger partial charge in [0, 0.05) is 25.1 Å². The van der Waals surface area contributed by atoms with Crippen LogP contribution < -0.4 is 10.6 Å². The quantitative estimate of drug-likeness (QED) is 0.648. The molecule has 0 saturated heterocycles. The predicted molar refractivity (Wildman–Crippen MR) is 98.2 cm³/mol. The Balaban J connectivity index is 1.58. The SMILES string of the molecule is O=C(CC/C=C\c1ccccc1)NCCNC(=O)c1ccc(O)cc1. The van der Waals surface area contributed by atoms with Gasteiger partial charge in [-0.1, -0.05) is 42.5 Å². The largest absolute Gasteiger partial charge is 0.508 e. The number of benzene rings is 2. The van der Waals surface area contributed by atoms with Crippen molar-refractivity contribution in [2.45, 2.75) is 12.8 Å². The van der Waals surface area contributed by atoms with Gasteiger partial charge >= 0.3 is 0 Å². The molecular weight excluding hydrogens is 316 g/mol. The Morgan fingerprint density at radius 2 is 1.60 bits per heavy atom. The Labute approximate surface area is 147 Å². The molecule has 0 fully saturated rings. The molecule has 2 amide bonds. The molecule has 5 heteroatoms. The van der Waals surface area contributed by atoms with E-state index in [-0.39, 0.29) is 17.6 Å². The lowest BCUT2D eigenvalue weighted by atomic mass is 10.2. The molecule has 0 bridgehead atoms. The van der Waals surface area contributed by atoms with Gasteiger partial charge in [-0.25, -0.2) is 0 Å². The van der Waals surface area contributed by atoms with Crippen molar-refractivity contribution in [2.75, 3.05) is 13.1 Å². The fraction of sp³-hybridized carbons (Fsp3) is 0.200. The summed E-state index contributed by atoms with van der Waals surface area (Å²) in [6, 6.07) is 15.9. The highest BCUT2D eigenvalue weighted by molar-refractivity contribution is 5.94. The number of rotatable bonds is 8. The van der Waals surface area contributed by atoms with Gasteiger partial charge < -0.3 is 15.7 Å². The predicted octanol–water partition coefficient (Wildman–Crippen LogP) is 2.73. The maximum Gasteiger partial charge on any atom is 0.251 e. The van der Waals surface area contributed by atoms with E-state index in [9.17, 15) is 14.7 Å². The van der Waals surface area contributed by atoms with Gasteiger partial charge in [0.15, 0.2) is 0 Å². The van der Waals surface area contributed by atoms with Crippen LogP contribution in [0.1, 0.15) is 28.8 Å². The minimum absolute atomic E-state index is 0.0448. The number of nitrogens with one attached hydrogen (secondary N) is 2. The number of aromatic hydroxyl groups is 1. The van der Waals surface area contributed by atoms with Crippen LogP contribution in [0.15, 0.2) is 60.7 Å². The first-order valence-corrected chi connectivity index (χ1v) is 8.20. The third-order valence-electron chi connectivity index (χ3n) is 3.51. The standard InChI is InChI=1S/C20H22N2O3/c23-18-12-10-17(11-13-18)20(25)22-15-14-21-19(24)9-5-4-8-16-6-2-1-3-7-16/h1-4,6-8,10-13,23H,5,9,14-15H2,(H,21,24)(H,22,25)/b8-4-. The van der Waals surface area contributed by atoms with E-state index in [1.54, 1.807) is 12.1 Å². The second-order valence-corrected chi connectivity index (χ2v) is 5.50. The maximum atomic E-state index is 11.8. The van der Waals surface area contributed by atoms with Crippen LogP contribution in [0.3, 0.4) is 0 Å². The first-order valence-electron chi connectivity index (χ1n) is 8.20. The molecule has 0 aliphatic carbocycles. The van der Waals surface area contributed by atoms with Crippen LogP contribution in [-0.2, 0) is 4.79 Å². The van der Waals surface area contributed by atoms with Gasteiger partial charge in [0.2, 0.25) is 5.91 Å². The van der Waals surface area contributed by atoms with Crippen molar-refractivity contribution in [2.24, 2.45) is 0 Å². The molecule has 0 aliphatic heterocycles. The monoisotopic (exact) mass is 338 g/mol. The van der Waals surface area contributed by atoms with Crippen LogP contribution >= 0.6 is 0 Å². The Bertz CT molecular complexity index is 709. The molecule has 0 spiro atoms. The zero-order chi connectivity index (χ0) is 17.9. The van der Waals surface area contributed by atoms with Crippen molar-refractivity contribution in [3.05, 3.63) is 71.8 Å². The summed E-state index contributed by atoms with van der Waals surface area (Å²) in [7, 11) is 0. The number of hydrogen-bond donors (Lipinski definition) is 3. The molecular formula is C20H22N2O3. The zero-order valence-electron chi connectivity index (χ0n) is 13.9. The summed E-state index contributed by atoms with van der Waals surface area (Å²) >= 11 is 0. The van der Waals surface area contributed by atoms with Gasteiger partial charge in [-0.3, -0.25) is 9.59 Å². The van der Waals surface area contributed by atoms with Crippen molar-refractivity contribution in [3.63, 3.8) is 0 Å². The summed E-state index contributed by atoms with van der Waals surface area (Å²) in [6.07, 6.45) is 5.04. The minimum Gasteiger partial charge on any atom is -0.508 e. The van der Waals surface area contributed by atoms with Gasteiger partial charge in [0.1, 0.15) is 5.75 Å². The van der Waals surface area contributed by atoms with Crippen LogP contribution in [0.5, 0.6) is 5.75 Å². The Hall–Kier alpha value is -3.08. The molecule has 0 saturated carbocycles. The van der Waals surface area contributed by atoms with E-state index in [4.69, 9.17) is 0 Å². The van der Waals surface area contributed by atoms with Gasteiger partial charge in [-0.15, -0.1) is 0 Å². The first kappa shape index (κ1) is 18.3. The molecule has 0 atom stereocenters. The highest BCUT2D eigenvalue weighted by Crippen LogP contribution is 2.09. The lowest BCUT2D eigenvalue weighted by molar-refractivity contribution is -0.120. The lowest BCUT2D eigenvalue weighted by Crippen LogP contribution is -2.34. The number of hydrogen-bond acceptors (Lipinski definition) is 3. The van der Waals surface area contributed by atoms with E-state index < -0.39 is 0 Å². The molecule has 5 nitrogen and oxygen atoms in total. The highest BCUT2D eigenvalue weighted by Gasteiger charge is 2.05. The molecule has 2 aromatic rings. The topological polar surface area (TPSA) is 78.4 Å². The summed E-state index contributed by atoms with van der Waals surface area (Å²) in [6.45, 7) is 0.733. The third kappa shape index (κ3) is 6.91. The van der Waals surface area contributed by atoms with Crippen molar-refractivity contribution in [1.29, 1.82) is 0 Å². The fourth-order valence-electron chi connectivity index (χ4n) is 2.18. The summed E-state index contributed by atoms with van der Waals surface area (Å²) in [5.74, 6) is -0.165. The Kier molecular flexibility index (Phi) is 7.25. The van der Waals surface area contributed by atoms with Crippen molar-refractivity contribution < 1.29 is 14.7 Å². The molecule has 25 heavy (non-hydrogen) atoms. The maximum absolute atomic E-state index is 11.8.